The molecule has 7 heteroatoms. The van der Waals surface area contributed by atoms with Crippen molar-refractivity contribution < 1.29 is 13.2 Å². The van der Waals surface area contributed by atoms with Crippen molar-refractivity contribution in [2.45, 2.75) is 39.0 Å². The van der Waals surface area contributed by atoms with Gasteiger partial charge in [-0.2, -0.15) is 0 Å². The van der Waals surface area contributed by atoms with E-state index in [2.05, 4.69) is 10.0 Å². The molecule has 0 heterocycles. The number of hydrogen-bond donors (Lipinski definition) is 2. The molecule has 0 saturated carbocycles. The van der Waals surface area contributed by atoms with Crippen LogP contribution in [-0.2, 0) is 14.8 Å². The molecule has 140 valence electrons. The Balaban J connectivity index is 2.34. The van der Waals surface area contributed by atoms with Crippen molar-refractivity contribution in [2.24, 2.45) is 5.41 Å². The van der Waals surface area contributed by atoms with E-state index in [4.69, 9.17) is 11.6 Å². The van der Waals surface area contributed by atoms with E-state index in [0.717, 1.165) is 0 Å². The molecule has 0 aliphatic carbocycles. The van der Waals surface area contributed by atoms with Crippen LogP contribution >= 0.6 is 11.6 Å². The first-order valence-corrected chi connectivity index (χ1v) is 10.1. The fourth-order valence-corrected chi connectivity index (χ4v) is 3.76. The number of para-hydroxylation sites is 1. The predicted molar refractivity (Wildman–Crippen MR) is 106 cm³/mol. The highest BCUT2D eigenvalue weighted by Gasteiger charge is 2.26. The Hall–Kier alpha value is -2.05. The quantitative estimate of drug-likeness (QED) is 0.737. The lowest BCUT2D eigenvalue weighted by atomic mass is 9.89. The van der Waals surface area contributed by atoms with Crippen LogP contribution in [0.5, 0.6) is 0 Å². The maximum atomic E-state index is 12.8. The minimum absolute atomic E-state index is 0.0875. The number of benzene rings is 2. The Morgan fingerprint density at radius 3 is 2.42 bits per heavy atom. The summed E-state index contributed by atoms with van der Waals surface area (Å²) in [6.07, 6.45) is 0.671. The van der Waals surface area contributed by atoms with Crippen LogP contribution in [0.25, 0.3) is 0 Å². The fourth-order valence-electron chi connectivity index (χ4n) is 2.17. The highest BCUT2D eigenvalue weighted by molar-refractivity contribution is 7.92. The summed E-state index contributed by atoms with van der Waals surface area (Å²) >= 11 is 6.04. The molecule has 0 aliphatic heterocycles. The Labute approximate surface area is 159 Å². The summed E-state index contributed by atoms with van der Waals surface area (Å²) in [6.45, 7) is 7.31. The molecule has 0 bridgehead atoms. The number of aryl methyl sites for hydroxylation is 1. The van der Waals surface area contributed by atoms with Gasteiger partial charge in [0.15, 0.2) is 0 Å². The van der Waals surface area contributed by atoms with Gasteiger partial charge in [-0.3, -0.25) is 9.52 Å². The number of amides is 1. The normalized spacial score (nSPS) is 11.9. The van der Waals surface area contributed by atoms with Gasteiger partial charge in [0, 0.05) is 11.1 Å². The fraction of sp³-hybridized carbons (Fsp3) is 0.316. The van der Waals surface area contributed by atoms with Crippen molar-refractivity contribution in [1.29, 1.82) is 0 Å². The van der Waals surface area contributed by atoms with Crippen LogP contribution < -0.4 is 10.0 Å². The summed E-state index contributed by atoms with van der Waals surface area (Å²) in [6, 6.07) is 11.4. The number of carbonyl (C=O) groups excluding carboxylic acids is 1. The standard InChI is InChI=1S/C19H23ClN2O3S/c1-5-19(3,4)18(23)21-14-11-10-13(2)17(12-14)26(24,25)22-16-9-7-6-8-15(16)20/h6-12,22H,5H2,1-4H3,(H,21,23). The first-order chi connectivity index (χ1) is 12.1. The molecule has 26 heavy (non-hydrogen) atoms. The van der Waals surface area contributed by atoms with Gasteiger partial charge in [0.2, 0.25) is 5.91 Å². The third-order valence-electron chi connectivity index (χ3n) is 4.35. The number of nitrogens with one attached hydrogen (secondary N) is 2. The van der Waals surface area contributed by atoms with Gasteiger partial charge in [-0.05, 0) is 43.2 Å². The maximum absolute atomic E-state index is 12.8. The summed E-state index contributed by atoms with van der Waals surface area (Å²) in [5.41, 5.74) is 0.758. The minimum atomic E-state index is -3.85. The van der Waals surface area contributed by atoms with Gasteiger partial charge in [-0.15, -0.1) is 0 Å². The number of hydrogen-bond acceptors (Lipinski definition) is 3. The zero-order chi connectivity index (χ0) is 19.5. The molecule has 0 spiro atoms. The topological polar surface area (TPSA) is 75.3 Å². The lowest BCUT2D eigenvalue weighted by Gasteiger charge is -2.22. The highest BCUT2D eigenvalue weighted by Crippen LogP contribution is 2.28. The second kappa shape index (κ2) is 7.68. The van der Waals surface area contributed by atoms with Gasteiger partial charge in [-0.25, -0.2) is 8.42 Å². The summed E-state index contributed by atoms with van der Waals surface area (Å²) < 4.78 is 28.1. The molecule has 0 radical (unpaired) electrons. The molecule has 1 amide bonds. The van der Waals surface area contributed by atoms with E-state index in [9.17, 15) is 13.2 Å². The Morgan fingerprint density at radius 1 is 1.15 bits per heavy atom. The van der Waals surface area contributed by atoms with Crippen LogP contribution in [0.15, 0.2) is 47.4 Å². The second-order valence-corrected chi connectivity index (χ2v) is 8.82. The molecule has 0 aliphatic rings. The van der Waals surface area contributed by atoms with Gasteiger partial charge >= 0.3 is 0 Å². The Kier molecular flexibility index (Phi) is 5.98. The third-order valence-corrected chi connectivity index (χ3v) is 6.19. The van der Waals surface area contributed by atoms with Crippen LogP contribution in [0.4, 0.5) is 11.4 Å². The predicted octanol–water partition coefficient (Wildman–Crippen LogP) is 4.82. The SMILES string of the molecule is CCC(C)(C)C(=O)Nc1ccc(C)c(S(=O)(=O)Nc2ccccc2Cl)c1. The van der Waals surface area contributed by atoms with Crippen molar-refractivity contribution in [1.82, 2.24) is 0 Å². The van der Waals surface area contributed by atoms with E-state index in [1.807, 2.05) is 20.8 Å². The van der Waals surface area contributed by atoms with Crippen molar-refractivity contribution in [3.8, 4) is 0 Å². The summed E-state index contributed by atoms with van der Waals surface area (Å²) in [7, 11) is -3.85. The lowest BCUT2D eigenvalue weighted by Crippen LogP contribution is -2.30. The molecular formula is C19H23ClN2O3S. The summed E-state index contributed by atoms with van der Waals surface area (Å²) in [5.74, 6) is -0.161. The van der Waals surface area contributed by atoms with Gasteiger partial charge in [0.05, 0.1) is 15.6 Å². The summed E-state index contributed by atoms with van der Waals surface area (Å²) in [4.78, 5) is 12.4. The summed E-state index contributed by atoms with van der Waals surface area (Å²) in [5, 5.41) is 3.10. The third kappa shape index (κ3) is 4.56. The first kappa shape index (κ1) is 20.3. The van der Waals surface area contributed by atoms with Crippen LogP contribution in [0.3, 0.4) is 0 Å². The number of carbonyl (C=O) groups is 1. The Morgan fingerprint density at radius 2 is 1.81 bits per heavy atom. The molecule has 0 aromatic heterocycles. The zero-order valence-corrected chi connectivity index (χ0v) is 16.8. The van der Waals surface area contributed by atoms with E-state index < -0.39 is 15.4 Å². The monoisotopic (exact) mass is 394 g/mol. The van der Waals surface area contributed by atoms with Gasteiger partial charge in [-0.1, -0.05) is 50.6 Å². The first-order valence-electron chi connectivity index (χ1n) is 8.26. The average molecular weight is 395 g/mol. The molecule has 0 saturated heterocycles. The minimum Gasteiger partial charge on any atom is -0.326 e. The molecule has 0 atom stereocenters. The number of halogens is 1. The van der Waals surface area contributed by atoms with Crippen molar-refractivity contribution in [2.75, 3.05) is 10.0 Å². The van der Waals surface area contributed by atoms with Crippen molar-refractivity contribution in [3.63, 3.8) is 0 Å². The van der Waals surface area contributed by atoms with E-state index in [1.165, 1.54) is 6.07 Å². The molecular weight excluding hydrogens is 372 g/mol. The molecule has 2 rings (SSSR count). The van der Waals surface area contributed by atoms with E-state index in [1.54, 1.807) is 43.3 Å². The van der Waals surface area contributed by atoms with Crippen molar-refractivity contribution >= 4 is 38.9 Å². The highest BCUT2D eigenvalue weighted by atomic mass is 35.5. The molecule has 2 aromatic rings. The Bertz CT molecular complexity index is 924. The second-order valence-electron chi connectivity index (χ2n) is 6.76. The van der Waals surface area contributed by atoms with E-state index in [0.29, 0.717) is 28.4 Å². The number of rotatable bonds is 6. The maximum Gasteiger partial charge on any atom is 0.262 e. The van der Waals surface area contributed by atoms with Crippen LogP contribution in [0.1, 0.15) is 32.8 Å². The van der Waals surface area contributed by atoms with Gasteiger partial charge < -0.3 is 5.32 Å². The molecule has 2 aromatic carbocycles. The van der Waals surface area contributed by atoms with E-state index >= 15 is 0 Å². The molecule has 2 N–H and O–H groups in total. The van der Waals surface area contributed by atoms with Gasteiger partial charge in [0.1, 0.15) is 0 Å². The zero-order valence-electron chi connectivity index (χ0n) is 15.3. The van der Waals surface area contributed by atoms with Crippen LogP contribution in [0, 0.1) is 12.3 Å². The van der Waals surface area contributed by atoms with Crippen LogP contribution in [0.2, 0.25) is 5.02 Å². The smallest absolute Gasteiger partial charge is 0.262 e. The molecule has 0 unspecified atom stereocenters. The average Bonchev–Trinajstić information content (AvgIpc) is 2.58. The van der Waals surface area contributed by atoms with Crippen molar-refractivity contribution in [3.05, 3.63) is 53.1 Å². The number of anilines is 2. The lowest BCUT2D eigenvalue weighted by molar-refractivity contribution is -0.124. The largest absolute Gasteiger partial charge is 0.326 e. The number of sulfonamides is 1. The van der Waals surface area contributed by atoms with E-state index in [-0.39, 0.29) is 10.8 Å². The van der Waals surface area contributed by atoms with Gasteiger partial charge in [0.25, 0.3) is 10.0 Å². The van der Waals surface area contributed by atoms with Crippen LogP contribution in [-0.4, -0.2) is 14.3 Å². The molecule has 5 nitrogen and oxygen atoms in total. The molecule has 0 fully saturated rings.